The maximum Gasteiger partial charge on any atom is 0.389 e. The second-order valence-corrected chi connectivity index (χ2v) is 7.36. The van der Waals surface area contributed by atoms with Gasteiger partial charge >= 0.3 is 6.18 Å². The van der Waals surface area contributed by atoms with Gasteiger partial charge in [0.1, 0.15) is 0 Å². The number of hydrogen-bond acceptors (Lipinski definition) is 1. The summed E-state index contributed by atoms with van der Waals surface area (Å²) >= 11 is 0. The van der Waals surface area contributed by atoms with Crippen molar-refractivity contribution in [3.63, 3.8) is 0 Å². The Bertz CT molecular complexity index is 300. The van der Waals surface area contributed by atoms with Crippen molar-refractivity contribution in [2.24, 2.45) is 17.8 Å². The number of halogens is 3. The van der Waals surface area contributed by atoms with Gasteiger partial charge in [-0.2, -0.15) is 13.2 Å². The van der Waals surface area contributed by atoms with Crippen molar-refractivity contribution in [2.75, 3.05) is 6.61 Å². The van der Waals surface area contributed by atoms with Crippen molar-refractivity contribution in [3.05, 3.63) is 0 Å². The van der Waals surface area contributed by atoms with Crippen LogP contribution in [0, 0.1) is 17.8 Å². The van der Waals surface area contributed by atoms with E-state index in [2.05, 4.69) is 6.92 Å². The Morgan fingerprint density at radius 2 is 1.41 bits per heavy atom. The van der Waals surface area contributed by atoms with E-state index in [-0.39, 0.29) is 5.92 Å². The third kappa shape index (κ3) is 6.10. The summed E-state index contributed by atoms with van der Waals surface area (Å²) in [5.74, 6) is 1.28. The minimum absolute atomic E-state index is 0.120. The molecule has 0 radical (unpaired) electrons. The molecule has 0 aliphatic heterocycles. The van der Waals surface area contributed by atoms with Gasteiger partial charge < -0.3 is 4.74 Å². The first-order chi connectivity index (χ1) is 10.5. The molecule has 130 valence electrons. The molecule has 0 aromatic carbocycles. The molecule has 0 atom stereocenters. The third-order valence-electron chi connectivity index (χ3n) is 5.65. The lowest BCUT2D eigenvalue weighted by molar-refractivity contribution is -0.147. The van der Waals surface area contributed by atoms with Gasteiger partial charge in [0, 0.05) is 13.0 Å². The minimum atomic E-state index is -3.98. The first-order valence-electron chi connectivity index (χ1n) is 9.16. The van der Waals surface area contributed by atoms with E-state index in [1.54, 1.807) is 0 Å². The van der Waals surface area contributed by atoms with Crippen LogP contribution in [0.4, 0.5) is 13.2 Å². The zero-order chi connectivity index (χ0) is 16.0. The molecule has 0 unspecified atom stereocenters. The molecule has 0 amide bonds. The van der Waals surface area contributed by atoms with E-state index in [0.717, 1.165) is 57.5 Å². The first-order valence-corrected chi connectivity index (χ1v) is 9.16. The lowest BCUT2D eigenvalue weighted by Crippen LogP contribution is -2.29. The van der Waals surface area contributed by atoms with Crippen LogP contribution in [0.3, 0.4) is 0 Å². The van der Waals surface area contributed by atoms with Gasteiger partial charge in [-0.1, -0.05) is 13.3 Å². The third-order valence-corrected chi connectivity index (χ3v) is 5.65. The fourth-order valence-electron chi connectivity index (χ4n) is 4.31. The SMILES string of the molecule is CCCCOC1CCC(C2CCC(CC(F)(F)F)CC2)CC1. The quantitative estimate of drug-likeness (QED) is 0.536. The Morgan fingerprint density at radius 3 is 1.91 bits per heavy atom. The van der Waals surface area contributed by atoms with Crippen molar-refractivity contribution < 1.29 is 17.9 Å². The molecular formula is C18H31F3O. The summed E-state index contributed by atoms with van der Waals surface area (Å²) in [6.07, 6.45) is 6.49. The van der Waals surface area contributed by atoms with Crippen LogP contribution in [0.2, 0.25) is 0 Å². The smallest absolute Gasteiger partial charge is 0.378 e. The topological polar surface area (TPSA) is 9.23 Å². The highest BCUT2D eigenvalue weighted by atomic mass is 19.4. The summed E-state index contributed by atoms with van der Waals surface area (Å²) in [5, 5.41) is 0. The Morgan fingerprint density at radius 1 is 0.864 bits per heavy atom. The van der Waals surface area contributed by atoms with Crippen LogP contribution < -0.4 is 0 Å². The molecule has 0 spiro atoms. The fraction of sp³-hybridized carbons (Fsp3) is 1.00. The molecule has 2 saturated carbocycles. The number of ether oxygens (including phenoxy) is 1. The van der Waals surface area contributed by atoms with E-state index in [1.807, 2.05) is 0 Å². The van der Waals surface area contributed by atoms with Crippen LogP contribution in [0.15, 0.2) is 0 Å². The van der Waals surface area contributed by atoms with Crippen LogP contribution in [0.25, 0.3) is 0 Å². The minimum Gasteiger partial charge on any atom is -0.378 e. The number of hydrogen-bond donors (Lipinski definition) is 0. The van der Waals surface area contributed by atoms with Crippen LogP contribution in [0.5, 0.6) is 0 Å². The molecular weight excluding hydrogens is 289 g/mol. The standard InChI is InChI=1S/C18H31F3O/c1-2-3-12-22-17-10-8-16(9-11-17)15-6-4-14(5-7-15)13-18(19,20)21/h14-17H,2-13H2,1H3. The lowest BCUT2D eigenvalue weighted by Gasteiger charge is -2.38. The average Bonchev–Trinajstić information content (AvgIpc) is 2.48. The summed E-state index contributed by atoms with van der Waals surface area (Å²) in [5.41, 5.74) is 0. The van der Waals surface area contributed by atoms with Gasteiger partial charge in [-0.25, -0.2) is 0 Å². The van der Waals surface area contributed by atoms with Crippen molar-refractivity contribution in [1.82, 2.24) is 0 Å². The van der Waals surface area contributed by atoms with E-state index in [9.17, 15) is 13.2 Å². The zero-order valence-corrected chi connectivity index (χ0v) is 13.8. The molecule has 1 nitrogen and oxygen atoms in total. The van der Waals surface area contributed by atoms with Crippen molar-refractivity contribution in [2.45, 2.75) is 89.8 Å². The van der Waals surface area contributed by atoms with E-state index in [4.69, 9.17) is 4.74 Å². The van der Waals surface area contributed by atoms with Gasteiger partial charge in [-0.3, -0.25) is 0 Å². The Balaban J connectivity index is 1.64. The second kappa shape index (κ2) is 8.56. The molecule has 0 saturated heterocycles. The van der Waals surface area contributed by atoms with E-state index in [1.165, 1.54) is 19.3 Å². The summed E-state index contributed by atoms with van der Waals surface area (Å²) in [7, 11) is 0. The van der Waals surface area contributed by atoms with Crippen molar-refractivity contribution >= 4 is 0 Å². The number of unbranched alkanes of at least 4 members (excludes halogenated alkanes) is 1. The summed E-state index contributed by atoms with van der Waals surface area (Å²) < 4.78 is 43.3. The monoisotopic (exact) mass is 320 g/mol. The Hall–Kier alpha value is -0.250. The van der Waals surface area contributed by atoms with Gasteiger partial charge in [0.25, 0.3) is 0 Å². The number of alkyl halides is 3. The van der Waals surface area contributed by atoms with Crippen LogP contribution in [-0.2, 0) is 4.74 Å². The maximum atomic E-state index is 12.4. The second-order valence-electron chi connectivity index (χ2n) is 7.36. The zero-order valence-electron chi connectivity index (χ0n) is 13.8. The van der Waals surface area contributed by atoms with Gasteiger partial charge in [-0.05, 0) is 75.5 Å². The summed E-state index contributed by atoms with van der Waals surface area (Å²) in [6, 6.07) is 0. The Labute approximate surface area is 133 Å². The summed E-state index contributed by atoms with van der Waals surface area (Å²) in [6.45, 7) is 3.06. The van der Waals surface area contributed by atoms with Crippen LogP contribution in [-0.4, -0.2) is 18.9 Å². The highest BCUT2D eigenvalue weighted by molar-refractivity contribution is 4.83. The predicted octanol–water partition coefficient (Wildman–Crippen LogP) is 6.12. The summed E-state index contributed by atoms with van der Waals surface area (Å²) in [4.78, 5) is 0. The van der Waals surface area contributed by atoms with Crippen molar-refractivity contribution in [3.8, 4) is 0 Å². The van der Waals surface area contributed by atoms with E-state index < -0.39 is 12.6 Å². The highest BCUT2D eigenvalue weighted by Crippen LogP contribution is 2.42. The largest absolute Gasteiger partial charge is 0.389 e. The van der Waals surface area contributed by atoms with Crippen molar-refractivity contribution in [1.29, 1.82) is 0 Å². The van der Waals surface area contributed by atoms with Crippen LogP contribution >= 0.6 is 0 Å². The molecule has 0 N–H and O–H groups in total. The van der Waals surface area contributed by atoms with Gasteiger partial charge in [0.15, 0.2) is 0 Å². The van der Waals surface area contributed by atoms with E-state index >= 15 is 0 Å². The molecule has 2 aliphatic carbocycles. The van der Waals surface area contributed by atoms with Gasteiger partial charge in [0.2, 0.25) is 0 Å². The predicted molar refractivity (Wildman–Crippen MR) is 82.7 cm³/mol. The van der Waals surface area contributed by atoms with E-state index in [0.29, 0.717) is 12.0 Å². The molecule has 2 fully saturated rings. The Kier molecular flexibility index (Phi) is 7.04. The normalized spacial score (nSPS) is 33.8. The molecule has 0 bridgehead atoms. The highest BCUT2D eigenvalue weighted by Gasteiger charge is 2.36. The molecule has 0 aromatic heterocycles. The molecule has 22 heavy (non-hydrogen) atoms. The number of rotatable bonds is 6. The molecule has 0 heterocycles. The first kappa shape index (κ1) is 18.1. The molecule has 0 aromatic rings. The fourth-order valence-corrected chi connectivity index (χ4v) is 4.31. The lowest BCUT2D eigenvalue weighted by atomic mass is 9.70. The van der Waals surface area contributed by atoms with Crippen LogP contribution in [0.1, 0.15) is 77.6 Å². The molecule has 2 rings (SSSR count). The average molecular weight is 320 g/mol. The van der Waals surface area contributed by atoms with Gasteiger partial charge in [-0.15, -0.1) is 0 Å². The maximum absolute atomic E-state index is 12.4. The van der Waals surface area contributed by atoms with Gasteiger partial charge in [0.05, 0.1) is 6.10 Å². The molecule has 2 aliphatic rings. The molecule has 4 heteroatoms.